The second-order valence-electron chi connectivity index (χ2n) is 4.30. The van der Waals surface area contributed by atoms with E-state index in [4.69, 9.17) is 0 Å². The van der Waals surface area contributed by atoms with Crippen LogP contribution in [0, 0.1) is 0 Å². The van der Waals surface area contributed by atoms with Crippen LogP contribution in [0.2, 0.25) is 0 Å². The van der Waals surface area contributed by atoms with Crippen LogP contribution in [0.1, 0.15) is 17.5 Å². The number of aryl methyl sites for hydroxylation is 1. The molecule has 1 heterocycles. The molecule has 1 aromatic rings. The van der Waals surface area contributed by atoms with Crippen LogP contribution in [0.15, 0.2) is 18.2 Å². The van der Waals surface area contributed by atoms with Gasteiger partial charge in [-0.05, 0) is 30.0 Å². The van der Waals surface area contributed by atoms with Crippen molar-refractivity contribution in [3.05, 3.63) is 29.3 Å². The van der Waals surface area contributed by atoms with Crippen molar-refractivity contribution in [2.75, 3.05) is 18.9 Å². The molecule has 96 valence electrons. The quantitative estimate of drug-likeness (QED) is 0.747. The average Bonchev–Trinajstić information content (AvgIpc) is 2.38. The van der Waals surface area contributed by atoms with Crippen molar-refractivity contribution in [2.24, 2.45) is 0 Å². The van der Waals surface area contributed by atoms with Crippen LogP contribution in [0.5, 0.6) is 0 Å². The molecule has 0 aliphatic carbocycles. The zero-order valence-electron chi connectivity index (χ0n) is 10.4. The Kier molecular flexibility index (Phi) is 3.82. The number of fused-ring (bicyclic) bond motifs is 1. The predicted molar refractivity (Wildman–Crippen MR) is 69.6 cm³/mol. The Bertz CT molecular complexity index is 471. The number of benzene rings is 1. The summed E-state index contributed by atoms with van der Waals surface area (Å²) < 4.78 is 0. The zero-order chi connectivity index (χ0) is 13.0. The smallest absolute Gasteiger partial charge is 0.314 e. The van der Waals surface area contributed by atoms with Crippen LogP contribution in [-0.4, -0.2) is 25.5 Å². The van der Waals surface area contributed by atoms with E-state index in [1.165, 1.54) is 11.1 Å². The number of urea groups is 1. The van der Waals surface area contributed by atoms with Crippen molar-refractivity contribution >= 4 is 17.6 Å². The molecule has 0 unspecified atom stereocenters. The van der Waals surface area contributed by atoms with Crippen LogP contribution >= 0.6 is 0 Å². The maximum absolute atomic E-state index is 11.2. The molecular weight excluding hydrogens is 230 g/mol. The number of anilines is 1. The molecule has 2 rings (SSSR count). The first-order chi connectivity index (χ1) is 8.69. The maximum Gasteiger partial charge on any atom is 0.314 e. The van der Waals surface area contributed by atoms with E-state index in [1.54, 1.807) is 7.05 Å². The molecule has 1 aliphatic heterocycles. The van der Waals surface area contributed by atoms with Gasteiger partial charge in [0, 0.05) is 25.7 Å². The van der Waals surface area contributed by atoms with Gasteiger partial charge in [0.1, 0.15) is 0 Å². The van der Waals surface area contributed by atoms with E-state index in [1.807, 2.05) is 12.1 Å². The lowest BCUT2D eigenvalue weighted by Gasteiger charge is -2.17. The standard InChI is InChI=1S/C13H17N3O2/c1-14-13(18)15-7-6-9-2-4-11-10(8-9)3-5-12(17)16-11/h2,4,8H,3,5-7H2,1H3,(H,16,17)(H2,14,15,18). The van der Waals surface area contributed by atoms with Gasteiger partial charge in [0.2, 0.25) is 5.91 Å². The van der Waals surface area contributed by atoms with E-state index in [2.05, 4.69) is 22.0 Å². The molecule has 3 amide bonds. The van der Waals surface area contributed by atoms with Gasteiger partial charge < -0.3 is 16.0 Å². The minimum Gasteiger partial charge on any atom is -0.341 e. The highest BCUT2D eigenvalue weighted by atomic mass is 16.2. The van der Waals surface area contributed by atoms with Crippen molar-refractivity contribution < 1.29 is 9.59 Å². The summed E-state index contributed by atoms with van der Waals surface area (Å²) in [6.07, 6.45) is 2.12. The van der Waals surface area contributed by atoms with Crippen LogP contribution < -0.4 is 16.0 Å². The third kappa shape index (κ3) is 3.00. The fraction of sp³-hybridized carbons (Fsp3) is 0.385. The van der Waals surface area contributed by atoms with E-state index in [0.717, 1.165) is 18.5 Å². The Morgan fingerprint density at radius 1 is 1.39 bits per heavy atom. The molecule has 0 bridgehead atoms. The summed E-state index contributed by atoms with van der Waals surface area (Å²) in [4.78, 5) is 22.2. The van der Waals surface area contributed by atoms with Crippen molar-refractivity contribution in [1.82, 2.24) is 10.6 Å². The maximum atomic E-state index is 11.2. The van der Waals surface area contributed by atoms with Crippen molar-refractivity contribution in [2.45, 2.75) is 19.3 Å². The van der Waals surface area contributed by atoms with Gasteiger partial charge in [0.15, 0.2) is 0 Å². The lowest BCUT2D eigenvalue weighted by molar-refractivity contribution is -0.116. The minimum atomic E-state index is -0.166. The van der Waals surface area contributed by atoms with Crippen LogP contribution in [0.25, 0.3) is 0 Å². The second-order valence-corrected chi connectivity index (χ2v) is 4.30. The lowest BCUT2D eigenvalue weighted by Crippen LogP contribution is -2.34. The Morgan fingerprint density at radius 3 is 3.00 bits per heavy atom. The van der Waals surface area contributed by atoms with Gasteiger partial charge in [0.25, 0.3) is 0 Å². The summed E-state index contributed by atoms with van der Waals surface area (Å²) in [6.45, 7) is 0.602. The van der Waals surface area contributed by atoms with Gasteiger partial charge in [-0.3, -0.25) is 4.79 Å². The van der Waals surface area contributed by atoms with Crippen LogP contribution in [0.3, 0.4) is 0 Å². The molecule has 0 radical (unpaired) electrons. The highest BCUT2D eigenvalue weighted by Gasteiger charge is 2.14. The fourth-order valence-electron chi connectivity index (χ4n) is 2.00. The lowest BCUT2D eigenvalue weighted by atomic mass is 9.99. The number of hydrogen-bond donors (Lipinski definition) is 3. The Hall–Kier alpha value is -2.04. The normalized spacial score (nSPS) is 13.5. The first-order valence-electron chi connectivity index (χ1n) is 6.06. The topological polar surface area (TPSA) is 70.2 Å². The number of carbonyl (C=O) groups excluding carboxylic acids is 2. The molecule has 0 fully saturated rings. The fourth-order valence-corrected chi connectivity index (χ4v) is 2.00. The van der Waals surface area contributed by atoms with Gasteiger partial charge in [0.05, 0.1) is 0 Å². The number of carbonyl (C=O) groups is 2. The third-order valence-electron chi connectivity index (χ3n) is 2.99. The molecule has 0 atom stereocenters. The largest absolute Gasteiger partial charge is 0.341 e. The molecule has 3 N–H and O–H groups in total. The molecule has 0 saturated carbocycles. The van der Waals surface area contributed by atoms with Crippen molar-refractivity contribution in [3.8, 4) is 0 Å². The second kappa shape index (κ2) is 5.53. The third-order valence-corrected chi connectivity index (χ3v) is 2.99. The first-order valence-corrected chi connectivity index (χ1v) is 6.06. The molecule has 0 saturated heterocycles. The molecule has 1 aromatic carbocycles. The molecular formula is C13H17N3O2. The predicted octanol–water partition coefficient (Wildman–Crippen LogP) is 1.04. The van der Waals surface area contributed by atoms with E-state index in [9.17, 15) is 9.59 Å². The minimum absolute atomic E-state index is 0.0801. The molecule has 0 spiro atoms. The summed E-state index contributed by atoms with van der Waals surface area (Å²) in [7, 11) is 1.59. The summed E-state index contributed by atoms with van der Waals surface area (Å²) in [5.74, 6) is 0.0801. The van der Waals surface area contributed by atoms with E-state index in [0.29, 0.717) is 13.0 Å². The van der Waals surface area contributed by atoms with Crippen molar-refractivity contribution in [1.29, 1.82) is 0 Å². The van der Waals surface area contributed by atoms with Crippen LogP contribution in [0.4, 0.5) is 10.5 Å². The molecule has 1 aliphatic rings. The SMILES string of the molecule is CNC(=O)NCCc1ccc2c(c1)CCC(=O)N2. The van der Waals surface area contributed by atoms with Crippen LogP contribution in [-0.2, 0) is 17.6 Å². The zero-order valence-corrected chi connectivity index (χ0v) is 10.4. The highest BCUT2D eigenvalue weighted by molar-refractivity contribution is 5.93. The number of amides is 3. The monoisotopic (exact) mass is 247 g/mol. The molecule has 5 nitrogen and oxygen atoms in total. The van der Waals surface area contributed by atoms with Gasteiger partial charge in [-0.15, -0.1) is 0 Å². The Labute approximate surface area is 106 Å². The summed E-state index contributed by atoms with van der Waals surface area (Å²) >= 11 is 0. The average molecular weight is 247 g/mol. The summed E-state index contributed by atoms with van der Waals surface area (Å²) in [5.41, 5.74) is 3.25. The van der Waals surface area contributed by atoms with E-state index < -0.39 is 0 Å². The number of hydrogen-bond acceptors (Lipinski definition) is 2. The highest BCUT2D eigenvalue weighted by Crippen LogP contribution is 2.23. The van der Waals surface area contributed by atoms with Gasteiger partial charge in [-0.1, -0.05) is 12.1 Å². The van der Waals surface area contributed by atoms with Crippen molar-refractivity contribution in [3.63, 3.8) is 0 Å². The first kappa shape index (κ1) is 12.4. The molecule has 18 heavy (non-hydrogen) atoms. The Balaban J connectivity index is 1.95. The molecule has 0 aromatic heterocycles. The van der Waals surface area contributed by atoms with Gasteiger partial charge in [-0.2, -0.15) is 0 Å². The Morgan fingerprint density at radius 2 is 2.22 bits per heavy atom. The summed E-state index contributed by atoms with van der Waals surface area (Å²) in [6, 6.07) is 5.85. The van der Waals surface area contributed by atoms with E-state index in [-0.39, 0.29) is 11.9 Å². The number of rotatable bonds is 3. The van der Waals surface area contributed by atoms with Gasteiger partial charge in [-0.25, -0.2) is 4.79 Å². The summed E-state index contributed by atoms with van der Waals surface area (Å²) in [5, 5.41) is 8.11. The number of nitrogens with one attached hydrogen (secondary N) is 3. The van der Waals surface area contributed by atoms with E-state index >= 15 is 0 Å². The molecule has 5 heteroatoms. The van der Waals surface area contributed by atoms with Gasteiger partial charge >= 0.3 is 6.03 Å².